The predicted octanol–water partition coefficient (Wildman–Crippen LogP) is 1.72. The van der Waals surface area contributed by atoms with E-state index in [-0.39, 0.29) is 18.4 Å². The van der Waals surface area contributed by atoms with Gasteiger partial charge >= 0.3 is 0 Å². The van der Waals surface area contributed by atoms with Gasteiger partial charge in [-0.3, -0.25) is 14.5 Å². The largest absolute Gasteiger partial charge is 0.270 e. The summed E-state index contributed by atoms with van der Waals surface area (Å²) in [5, 5.41) is 0. The Morgan fingerprint density at radius 1 is 1.24 bits per heavy atom. The van der Waals surface area contributed by atoms with Crippen LogP contribution in [0.4, 0.5) is 4.39 Å². The van der Waals surface area contributed by atoms with Gasteiger partial charge in [-0.1, -0.05) is 18.5 Å². The third-order valence-electron chi connectivity index (χ3n) is 2.66. The molecule has 2 amide bonds. The molecule has 0 atom stereocenters. The van der Waals surface area contributed by atoms with Crippen molar-refractivity contribution in [2.75, 3.05) is 6.54 Å². The molecule has 1 aliphatic heterocycles. The third kappa shape index (κ3) is 1.88. The van der Waals surface area contributed by atoms with E-state index in [4.69, 9.17) is 7.85 Å². The number of benzene rings is 1. The minimum Gasteiger partial charge on any atom is -0.270 e. The van der Waals surface area contributed by atoms with Crippen molar-refractivity contribution in [1.29, 1.82) is 0 Å². The molecule has 0 fully saturated rings. The van der Waals surface area contributed by atoms with E-state index in [0.29, 0.717) is 17.5 Å². The first kappa shape index (κ1) is 11.6. The number of amides is 2. The summed E-state index contributed by atoms with van der Waals surface area (Å²) in [5.74, 6) is -0.809. The van der Waals surface area contributed by atoms with E-state index in [1.807, 2.05) is 0 Å². The van der Waals surface area contributed by atoms with Gasteiger partial charge < -0.3 is 0 Å². The summed E-state index contributed by atoms with van der Waals surface area (Å²) < 4.78 is 12.4. The van der Waals surface area contributed by atoms with Gasteiger partial charge in [0.1, 0.15) is 0 Å². The summed E-state index contributed by atoms with van der Waals surface area (Å²) in [6, 6.07) is 6.53. The fraction of sp³-hybridized carbons (Fsp3) is 0.167. The van der Waals surface area contributed by atoms with Crippen molar-refractivity contribution >= 4 is 19.7 Å². The minimum absolute atomic E-state index is 0.0239. The van der Waals surface area contributed by atoms with Crippen LogP contribution >= 0.6 is 0 Å². The van der Waals surface area contributed by atoms with Crippen LogP contribution in [0.3, 0.4) is 0 Å². The zero-order valence-electron chi connectivity index (χ0n) is 9.02. The van der Waals surface area contributed by atoms with Crippen LogP contribution < -0.4 is 0 Å². The number of carbonyl (C=O) groups is 2. The fourth-order valence-electron chi connectivity index (χ4n) is 1.73. The van der Waals surface area contributed by atoms with Crippen molar-refractivity contribution in [3.05, 3.63) is 47.3 Å². The van der Waals surface area contributed by atoms with E-state index in [2.05, 4.69) is 0 Å². The molecule has 5 heteroatoms. The van der Waals surface area contributed by atoms with Crippen molar-refractivity contribution < 1.29 is 14.0 Å². The van der Waals surface area contributed by atoms with Gasteiger partial charge in [0.05, 0.1) is 31.8 Å². The molecule has 1 aromatic rings. The van der Waals surface area contributed by atoms with Gasteiger partial charge in [-0.15, -0.1) is 0 Å². The van der Waals surface area contributed by atoms with Crippen molar-refractivity contribution in [2.45, 2.75) is 6.32 Å². The van der Waals surface area contributed by atoms with Crippen LogP contribution in [-0.4, -0.2) is 31.1 Å². The first-order chi connectivity index (χ1) is 8.19. The summed E-state index contributed by atoms with van der Waals surface area (Å²) in [7, 11) is 5.30. The number of nitrogens with zero attached hydrogens (tertiary/aromatic N) is 1. The van der Waals surface area contributed by atoms with Crippen molar-refractivity contribution in [2.24, 2.45) is 0 Å². The lowest BCUT2D eigenvalue weighted by molar-refractivity contribution is 0.0668. The van der Waals surface area contributed by atoms with Gasteiger partial charge in [0.25, 0.3) is 11.8 Å². The number of imide groups is 1. The summed E-state index contributed by atoms with van der Waals surface area (Å²) in [6.45, 7) is -0.0979. The fourth-order valence-corrected chi connectivity index (χ4v) is 1.73. The van der Waals surface area contributed by atoms with Gasteiger partial charge in [-0.2, -0.15) is 0 Å². The van der Waals surface area contributed by atoms with Crippen LogP contribution in [0.25, 0.3) is 0 Å². The third-order valence-corrected chi connectivity index (χ3v) is 2.66. The molecule has 0 unspecified atom stereocenters. The second kappa shape index (κ2) is 4.53. The Labute approximate surface area is 99.3 Å². The highest BCUT2D eigenvalue weighted by Gasteiger charge is 2.35. The molecule has 2 rings (SSSR count). The number of hydrogen-bond donors (Lipinski definition) is 0. The number of rotatable bonds is 3. The standard InChI is InChI=1S/C12H9BFNO2/c13-5-8(6-14)7-15-11(16)9-3-1-2-4-10(9)12(15)17/h1-4,6H,5,7H2/b8-6+. The number of hydrogen-bond acceptors (Lipinski definition) is 2. The van der Waals surface area contributed by atoms with Crippen LogP contribution in [0.15, 0.2) is 36.2 Å². The molecule has 0 saturated heterocycles. The van der Waals surface area contributed by atoms with Gasteiger partial charge in [0.2, 0.25) is 0 Å². The highest BCUT2D eigenvalue weighted by molar-refractivity contribution is 6.21. The predicted molar refractivity (Wildman–Crippen MR) is 61.6 cm³/mol. The molecule has 0 aliphatic carbocycles. The lowest BCUT2D eigenvalue weighted by Crippen LogP contribution is -2.31. The summed E-state index contributed by atoms with van der Waals surface area (Å²) in [4.78, 5) is 24.8. The van der Waals surface area contributed by atoms with E-state index >= 15 is 0 Å². The van der Waals surface area contributed by atoms with Crippen molar-refractivity contribution in [3.8, 4) is 0 Å². The van der Waals surface area contributed by atoms with Gasteiger partial charge in [0, 0.05) is 0 Å². The molecule has 0 N–H and O–H groups in total. The maximum absolute atomic E-state index is 12.4. The Kier molecular flexibility index (Phi) is 3.09. The minimum atomic E-state index is -0.404. The van der Waals surface area contributed by atoms with Crippen LogP contribution in [0.1, 0.15) is 20.7 Å². The molecule has 84 valence electrons. The molecule has 17 heavy (non-hydrogen) atoms. The molecule has 3 nitrogen and oxygen atoms in total. The zero-order valence-corrected chi connectivity index (χ0v) is 9.02. The smallest absolute Gasteiger partial charge is 0.261 e. The topological polar surface area (TPSA) is 37.4 Å². The summed E-state index contributed by atoms with van der Waals surface area (Å²) in [6.07, 6.45) is 0.313. The van der Waals surface area contributed by atoms with E-state index in [1.165, 1.54) is 0 Å². The molecule has 0 bridgehead atoms. The average molecular weight is 229 g/mol. The van der Waals surface area contributed by atoms with E-state index < -0.39 is 11.8 Å². The maximum atomic E-state index is 12.4. The van der Waals surface area contributed by atoms with Crippen molar-refractivity contribution in [1.82, 2.24) is 4.90 Å². The zero-order chi connectivity index (χ0) is 12.4. The SMILES string of the molecule is [B]C/C(=C\F)CN1C(=O)c2ccccc2C1=O. The molecule has 1 aliphatic rings. The lowest BCUT2D eigenvalue weighted by atomic mass is 9.97. The van der Waals surface area contributed by atoms with Crippen LogP contribution in [0.2, 0.25) is 6.32 Å². The van der Waals surface area contributed by atoms with Crippen molar-refractivity contribution in [3.63, 3.8) is 0 Å². The summed E-state index contributed by atoms with van der Waals surface area (Å²) >= 11 is 0. The van der Waals surface area contributed by atoms with E-state index in [1.54, 1.807) is 24.3 Å². The Bertz CT molecular complexity index is 478. The van der Waals surface area contributed by atoms with Crippen LogP contribution in [0, 0.1) is 0 Å². The Balaban J connectivity index is 2.30. The highest BCUT2D eigenvalue weighted by Crippen LogP contribution is 2.23. The number of halogens is 1. The van der Waals surface area contributed by atoms with Crippen LogP contribution in [0.5, 0.6) is 0 Å². The molecule has 1 heterocycles. The quantitative estimate of drug-likeness (QED) is 0.584. The summed E-state index contributed by atoms with van der Waals surface area (Å²) in [5.41, 5.74) is 0.917. The van der Waals surface area contributed by atoms with Crippen LogP contribution in [-0.2, 0) is 0 Å². The molecule has 1 aromatic carbocycles. The molecular weight excluding hydrogens is 220 g/mol. The monoisotopic (exact) mass is 229 g/mol. The average Bonchev–Trinajstić information content (AvgIpc) is 2.61. The Morgan fingerprint density at radius 2 is 1.76 bits per heavy atom. The first-order valence-electron chi connectivity index (χ1n) is 5.12. The molecule has 0 aromatic heterocycles. The Hall–Kier alpha value is -1.91. The van der Waals surface area contributed by atoms with E-state index in [9.17, 15) is 14.0 Å². The maximum Gasteiger partial charge on any atom is 0.261 e. The second-order valence-electron chi connectivity index (χ2n) is 3.71. The second-order valence-corrected chi connectivity index (χ2v) is 3.71. The lowest BCUT2D eigenvalue weighted by Gasteiger charge is -2.14. The molecule has 0 spiro atoms. The molecule has 0 saturated carbocycles. The molecule has 2 radical (unpaired) electrons. The first-order valence-corrected chi connectivity index (χ1v) is 5.12. The normalized spacial score (nSPS) is 15.4. The Morgan fingerprint density at radius 3 is 2.18 bits per heavy atom. The number of fused-ring (bicyclic) bond motifs is 1. The highest BCUT2D eigenvalue weighted by atomic mass is 19.1. The van der Waals surface area contributed by atoms with E-state index in [0.717, 1.165) is 4.90 Å². The molecular formula is C12H9BFNO2. The van der Waals surface area contributed by atoms with Gasteiger partial charge in [0.15, 0.2) is 0 Å². The van der Waals surface area contributed by atoms with Gasteiger partial charge in [-0.25, -0.2) is 4.39 Å². The van der Waals surface area contributed by atoms with Gasteiger partial charge in [-0.05, 0) is 17.7 Å². The number of carbonyl (C=O) groups excluding carboxylic acids is 2.